The van der Waals surface area contributed by atoms with Gasteiger partial charge in [-0.1, -0.05) is 17.7 Å². The molecule has 0 aliphatic carbocycles. The third kappa shape index (κ3) is 2.96. The summed E-state index contributed by atoms with van der Waals surface area (Å²) >= 11 is 0. The van der Waals surface area contributed by atoms with Crippen LogP contribution in [0.4, 0.5) is 17.1 Å². The van der Waals surface area contributed by atoms with Gasteiger partial charge >= 0.3 is 0 Å². The summed E-state index contributed by atoms with van der Waals surface area (Å²) in [5.74, 6) is -0.701. The van der Waals surface area contributed by atoms with Gasteiger partial charge in [-0.2, -0.15) is 0 Å². The summed E-state index contributed by atoms with van der Waals surface area (Å²) in [7, 11) is 0. The van der Waals surface area contributed by atoms with Crippen LogP contribution in [0.2, 0.25) is 0 Å². The topological polar surface area (TPSA) is 92.6 Å². The van der Waals surface area contributed by atoms with Gasteiger partial charge in [-0.15, -0.1) is 0 Å². The van der Waals surface area contributed by atoms with E-state index in [9.17, 15) is 19.7 Å². The zero-order valence-electron chi connectivity index (χ0n) is 12.9. The molecule has 2 amide bonds. The largest absolute Gasteiger partial charge is 0.373 e. The molecule has 2 aromatic rings. The SMILES string of the molecule is Cc1ccc(NC2CC(=O)N(c3ccc([N+](=O)[O-])cc3)C2=O)cc1. The lowest BCUT2D eigenvalue weighted by molar-refractivity contribution is -0.384. The molecule has 1 aliphatic rings. The zero-order chi connectivity index (χ0) is 17.3. The van der Waals surface area contributed by atoms with Gasteiger partial charge in [-0.25, -0.2) is 4.90 Å². The van der Waals surface area contributed by atoms with E-state index in [0.717, 1.165) is 16.2 Å². The Bertz CT molecular complexity index is 800. The van der Waals surface area contributed by atoms with Crippen LogP contribution in [-0.4, -0.2) is 22.8 Å². The van der Waals surface area contributed by atoms with Gasteiger partial charge in [-0.05, 0) is 31.2 Å². The Labute approximate surface area is 138 Å². The first-order chi connectivity index (χ1) is 11.5. The number of benzene rings is 2. The molecule has 0 spiro atoms. The van der Waals surface area contributed by atoms with E-state index in [1.807, 2.05) is 31.2 Å². The molecule has 0 saturated carbocycles. The molecule has 3 rings (SSSR count). The Morgan fingerprint density at radius 3 is 2.29 bits per heavy atom. The monoisotopic (exact) mass is 325 g/mol. The Balaban J connectivity index is 1.78. The molecule has 24 heavy (non-hydrogen) atoms. The quantitative estimate of drug-likeness (QED) is 0.530. The number of nitro groups is 1. The van der Waals surface area contributed by atoms with Crippen LogP contribution in [0.15, 0.2) is 48.5 Å². The molecular formula is C17H15N3O4. The number of nitrogens with one attached hydrogen (secondary N) is 1. The molecular weight excluding hydrogens is 310 g/mol. The van der Waals surface area contributed by atoms with Crippen molar-refractivity contribution in [1.82, 2.24) is 0 Å². The number of anilines is 2. The fourth-order valence-corrected chi connectivity index (χ4v) is 2.59. The predicted molar refractivity (Wildman–Crippen MR) is 88.8 cm³/mol. The average molecular weight is 325 g/mol. The molecule has 0 aromatic heterocycles. The maximum Gasteiger partial charge on any atom is 0.269 e. The third-order valence-electron chi connectivity index (χ3n) is 3.86. The van der Waals surface area contributed by atoms with Crippen LogP contribution in [0.1, 0.15) is 12.0 Å². The number of nitrogens with zero attached hydrogens (tertiary/aromatic N) is 2. The summed E-state index contributed by atoms with van der Waals surface area (Å²) < 4.78 is 0. The number of nitro benzene ring substituents is 1. The molecule has 2 aromatic carbocycles. The lowest BCUT2D eigenvalue weighted by Crippen LogP contribution is -2.34. The second-order valence-electron chi connectivity index (χ2n) is 5.61. The minimum absolute atomic E-state index is 0.0453. The van der Waals surface area contributed by atoms with E-state index < -0.39 is 11.0 Å². The lowest BCUT2D eigenvalue weighted by atomic mass is 10.2. The van der Waals surface area contributed by atoms with E-state index >= 15 is 0 Å². The van der Waals surface area contributed by atoms with Crippen LogP contribution in [0, 0.1) is 17.0 Å². The molecule has 1 fully saturated rings. The summed E-state index contributed by atoms with van der Waals surface area (Å²) in [6.07, 6.45) is 0.0453. The summed E-state index contributed by atoms with van der Waals surface area (Å²) in [5, 5.41) is 13.7. The van der Waals surface area contributed by atoms with E-state index in [4.69, 9.17) is 0 Å². The number of carbonyl (C=O) groups excluding carboxylic acids is 2. The Morgan fingerprint density at radius 1 is 1.08 bits per heavy atom. The summed E-state index contributed by atoms with van der Waals surface area (Å²) in [5.41, 5.74) is 2.11. The van der Waals surface area contributed by atoms with Crippen LogP contribution in [-0.2, 0) is 9.59 Å². The van der Waals surface area contributed by atoms with Crippen LogP contribution in [0.3, 0.4) is 0 Å². The van der Waals surface area contributed by atoms with Crippen molar-refractivity contribution in [3.63, 3.8) is 0 Å². The lowest BCUT2D eigenvalue weighted by Gasteiger charge is -2.16. The zero-order valence-corrected chi connectivity index (χ0v) is 12.9. The minimum atomic E-state index is -0.643. The van der Waals surface area contributed by atoms with Gasteiger partial charge in [0.1, 0.15) is 6.04 Å². The van der Waals surface area contributed by atoms with Crippen molar-refractivity contribution >= 4 is 28.9 Å². The average Bonchev–Trinajstić information content (AvgIpc) is 2.83. The Hall–Kier alpha value is -3.22. The molecule has 1 unspecified atom stereocenters. The first kappa shape index (κ1) is 15.7. The highest BCUT2D eigenvalue weighted by atomic mass is 16.6. The highest BCUT2D eigenvalue weighted by Gasteiger charge is 2.39. The van der Waals surface area contributed by atoms with Gasteiger partial charge in [0.2, 0.25) is 5.91 Å². The molecule has 1 atom stereocenters. The van der Waals surface area contributed by atoms with Crippen molar-refractivity contribution in [2.24, 2.45) is 0 Å². The molecule has 1 saturated heterocycles. The highest BCUT2D eigenvalue weighted by Crippen LogP contribution is 2.26. The van der Waals surface area contributed by atoms with Gasteiger partial charge in [-0.3, -0.25) is 19.7 Å². The molecule has 0 radical (unpaired) electrons. The Kier molecular flexibility index (Phi) is 3.99. The van der Waals surface area contributed by atoms with E-state index in [0.29, 0.717) is 5.69 Å². The first-order valence-corrected chi connectivity index (χ1v) is 7.40. The molecule has 7 heteroatoms. The molecule has 122 valence electrons. The summed E-state index contributed by atoms with van der Waals surface area (Å²) in [4.78, 5) is 35.9. The number of amides is 2. The number of hydrogen-bond donors (Lipinski definition) is 1. The highest BCUT2D eigenvalue weighted by molar-refractivity contribution is 6.23. The molecule has 0 bridgehead atoms. The van der Waals surface area contributed by atoms with Crippen molar-refractivity contribution < 1.29 is 14.5 Å². The van der Waals surface area contributed by atoms with Crippen LogP contribution >= 0.6 is 0 Å². The molecule has 7 nitrogen and oxygen atoms in total. The molecule has 1 aliphatic heterocycles. The fourth-order valence-electron chi connectivity index (χ4n) is 2.59. The summed E-state index contributed by atoms with van der Waals surface area (Å²) in [6, 6.07) is 12.2. The van der Waals surface area contributed by atoms with Gasteiger partial charge in [0.05, 0.1) is 17.0 Å². The maximum absolute atomic E-state index is 12.5. The van der Waals surface area contributed by atoms with Crippen molar-refractivity contribution in [2.45, 2.75) is 19.4 Å². The van der Waals surface area contributed by atoms with E-state index in [2.05, 4.69) is 5.32 Å². The van der Waals surface area contributed by atoms with E-state index in [1.165, 1.54) is 24.3 Å². The van der Waals surface area contributed by atoms with Crippen LogP contribution in [0.5, 0.6) is 0 Å². The van der Waals surface area contributed by atoms with Gasteiger partial charge in [0.25, 0.3) is 11.6 Å². The van der Waals surface area contributed by atoms with Crippen LogP contribution < -0.4 is 10.2 Å². The minimum Gasteiger partial charge on any atom is -0.373 e. The van der Waals surface area contributed by atoms with Crippen molar-refractivity contribution in [3.05, 3.63) is 64.2 Å². The molecule has 1 heterocycles. The standard InChI is InChI=1S/C17H15N3O4/c1-11-2-4-12(5-3-11)18-15-10-16(21)19(17(15)22)13-6-8-14(9-7-13)20(23)24/h2-9,15,18H,10H2,1H3. The van der Waals surface area contributed by atoms with Gasteiger partial charge in [0, 0.05) is 17.8 Å². The third-order valence-corrected chi connectivity index (χ3v) is 3.86. The molecule has 1 N–H and O–H groups in total. The fraction of sp³-hybridized carbons (Fsp3) is 0.176. The predicted octanol–water partition coefficient (Wildman–Crippen LogP) is 2.65. The number of non-ortho nitro benzene ring substituents is 1. The second kappa shape index (κ2) is 6.11. The maximum atomic E-state index is 12.5. The number of aryl methyl sites for hydroxylation is 1. The number of rotatable bonds is 4. The van der Waals surface area contributed by atoms with Gasteiger partial charge in [0.15, 0.2) is 0 Å². The Morgan fingerprint density at radius 2 is 1.71 bits per heavy atom. The van der Waals surface area contributed by atoms with E-state index in [-0.39, 0.29) is 23.9 Å². The van der Waals surface area contributed by atoms with Crippen LogP contribution in [0.25, 0.3) is 0 Å². The second-order valence-corrected chi connectivity index (χ2v) is 5.61. The van der Waals surface area contributed by atoms with Crippen molar-refractivity contribution in [1.29, 1.82) is 0 Å². The number of hydrogen-bond acceptors (Lipinski definition) is 5. The number of imide groups is 1. The van der Waals surface area contributed by atoms with Crippen molar-refractivity contribution in [2.75, 3.05) is 10.2 Å². The van der Waals surface area contributed by atoms with Gasteiger partial charge < -0.3 is 5.32 Å². The van der Waals surface area contributed by atoms with E-state index in [1.54, 1.807) is 0 Å². The smallest absolute Gasteiger partial charge is 0.269 e. The normalized spacial score (nSPS) is 17.2. The van der Waals surface area contributed by atoms with Crippen molar-refractivity contribution in [3.8, 4) is 0 Å². The summed E-state index contributed by atoms with van der Waals surface area (Å²) in [6.45, 7) is 1.96. The number of carbonyl (C=O) groups is 2. The first-order valence-electron chi connectivity index (χ1n) is 7.40.